The van der Waals surface area contributed by atoms with E-state index >= 15 is 0 Å². The molecule has 0 unspecified atom stereocenters. The van der Waals surface area contributed by atoms with Crippen LogP contribution in [0, 0.1) is 41.4 Å². The third-order valence-corrected chi connectivity index (χ3v) is 5.60. The maximum atomic E-state index is 3.78. The summed E-state index contributed by atoms with van der Waals surface area (Å²) in [5.41, 5.74) is 16.3. The molecule has 0 atom stereocenters. The summed E-state index contributed by atoms with van der Waals surface area (Å²) in [6.07, 6.45) is 13.2. The molecule has 556 valence electrons. The van der Waals surface area contributed by atoms with E-state index in [-0.39, 0.29) is 89.1 Å². The van der Waals surface area contributed by atoms with Crippen molar-refractivity contribution in [2.24, 2.45) is 46.4 Å². The number of hydrazine groups is 2. The molecule has 0 radical (unpaired) electrons. The van der Waals surface area contributed by atoms with Crippen LogP contribution in [0.3, 0.4) is 0 Å². The Hall–Kier alpha value is -7.17. The summed E-state index contributed by atoms with van der Waals surface area (Å²) in [5, 5.41) is 31.4. The van der Waals surface area contributed by atoms with Crippen molar-refractivity contribution in [3.05, 3.63) is 197 Å². The third kappa shape index (κ3) is 166. The highest BCUT2D eigenvalue weighted by molar-refractivity contribution is 5.60. The van der Waals surface area contributed by atoms with Gasteiger partial charge in [-0.05, 0) is 59.2 Å². The molecule has 92 heavy (non-hydrogen) atoms. The number of rotatable bonds is 0. The fourth-order valence-electron chi connectivity index (χ4n) is 3.47. The van der Waals surface area contributed by atoms with E-state index in [2.05, 4.69) is 316 Å². The van der Waals surface area contributed by atoms with Gasteiger partial charge in [-0.2, -0.15) is 0 Å². The summed E-state index contributed by atoms with van der Waals surface area (Å²) in [6, 6.07) is 0. The van der Waals surface area contributed by atoms with E-state index in [1.165, 1.54) is 5.57 Å². The summed E-state index contributed by atoms with van der Waals surface area (Å²) in [6.45, 7) is 94.7. The van der Waals surface area contributed by atoms with Gasteiger partial charge >= 0.3 is 0 Å². The van der Waals surface area contributed by atoms with E-state index in [0.29, 0.717) is 29.1 Å². The highest BCUT2D eigenvalue weighted by Crippen LogP contribution is 2.09. The number of allylic oxidation sites excluding steroid dienone is 2. The molecule has 7 aliphatic rings. The predicted octanol–water partition coefficient (Wildman–Crippen LogP) is 21.2. The normalized spacial score (nSPS) is 13.1. The Bertz CT molecular complexity index is 1660. The van der Waals surface area contributed by atoms with Gasteiger partial charge in [-0.25, -0.2) is 4.99 Å². The molecule has 16 nitrogen and oxygen atoms in total. The number of aliphatic imine (C=N–C) groups is 1. The van der Waals surface area contributed by atoms with Crippen LogP contribution < -0.4 is 80.2 Å². The largest absolute Gasteiger partial charge is 0.349 e. The van der Waals surface area contributed by atoms with Gasteiger partial charge in [-0.15, -0.1) is 0 Å². The summed E-state index contributed by atoms with van der Waals surface area (Å²) in [5.74, 6) is 11.6. The molecule has 0 bridgehead atoms. The first-order valence-corrected chi connectivity index (χ1v) is 27.6. The van der Waals surface area contributed by atoms with Crippen LogP contribution in [-0.4, -0.2) is 19.4 Å². The van der Waals surface area contributed by atoms with E-state index in [0.717, 1.165) is 101 Å². The van der Waals surface area contributed by atoms with Crippen LogP contribution in [-0.2, 0) is 0 Å². The van der Waals surface area contributed by atoms with E-state index in [1.54, 1.807) is 31.1 Å². The average Bonchev–Trinajstić information content (AvgIpc) is 4.05. The fraction of sp³-hybridized carbons (Fsp3) is 0.566. The SMILES string of the molecule is C.C.C.C.C.C.C.C.C.C.C.C.C=C1C=CNC(=C)N1.C=C1C=CNN1.C=C1CC(=C)NC(=C)N1.C=C1CNNC1.C=C1N=CNC(=C)N1.C=C1NC(=C)NC(=C)N1.C=C1NC=CN1.CC(C)C.CC(C)C.CC(C)C.CC(C)C.CC(C)C.CC(C)C.CC(C)C. The molecule has 3 fully saturated rings. The lowest BCUT2D eigenvalue weighted by Crippen LogP contribution is -2.40. The molecule has 0 aromatic rings. The molecule has 0 amide bonds. The van der Waals surface area contributed by atoms with Crippen LogP contribution in [0.1, 0.15) is 241 Å². The number of hydrogen-bond acceptors (Lipinski definition) is 16. The van der Waals surface area contributed by atoms with Crippen molar-refractivity contribution in [1.82, 2.24) is 80.2 Å². The Balaban J connectivity index is -0.0000000367. The summed E-state index contributed by atoms with van der Waals surface area (Å²) < 4.78 is 0. The lowest BCUT2D eigenvalue weighted by molar-refractivity contribution is 0.673. The molecule has 3 saturated heterocycles. The summed E-state index contributed by atoms with van der Waals surface area (Å²) in [7, 11) is 0. The molecule has 7 heterocycles. The molecule has 15 N–H and O–H groups in total. The molecule has 0 aliphatic carbocycles. The zero-order valence-electron chi connectivity index (χ0n) is 54.8. The van der Waals surface area contributed by atoms with Gasteiger partial charge in [0.25, 0.3) is 0 Å². The first-order chi connectivity index (χ1) is 36.7. The van der Waals surface area contributed by atoms with Gasteiger partial charge in [0, 0.05) is 67.1 Å². The Morgan fingerprint density at radius 1 is 0.304 bits per heavy atom. The van der Waals surface area contributed by atoms with Crippen LogP contribution in [0.15, 0.2) is 202 Å². The van der Waals surface area contributed by atoms with Gasteiger partial charge in [0.2, 0.25) is 0 Å². The van der Waals surface area contributed by atoms with Crippen molar-refractivity contribution in [2.45, 2.75) is 241 Å². The number of hydrogen-bond donors (Lipinski definition) is 15. The molecule has 0 spiro atoms. The van der Waals surface area contributed by atoms with Gasteiger partial charge in [-0.1, -0.05) is 320 Å². The van der Waals surface area contributed by atoms with Crippen molar-refractivity contribution in [1.29, 1.82) is 0 Å². The average molecular weight is 1310 g/mol. The lowest BCUT2D eigenvalue weighted by atomic mass is 10.2. The molecule has 7 rings (SSSR count). The van der Waals surface area contributed by atoms with Crippen LogP contribution in [0.4, 0.5) is 0 Å². The van der Waals surface area contributed by atoms with E-state index in [9.17, 15) is 0 Å². The quantitative estimate of drug-likeness (QED) is 0.102. The fourth-order valence-corrected chi connectivity index (χ4v) is 3.47. The second kappa shape index (κ2) is 92.6. The summed E-state index contributed by atoms with van der Waals surface area (Å²) in [4.78, 5) is 3.78. The Morgan fingerprint density at radius 2 is 0.576 bits per heavy atom. The zero-order valence-corrected chi connectivity index (χ0v) is 54.8. The van der Waals surface area contributed by atoms with E-state index in [4.69, 9.17) is 0 Å². The van der Waals surface area contributed by atoms with Gasteiger partial charge in [-0.3, -0.25) is 10.9 Å². The lowest BCUT2D eigenvalue weighted by Gasteiger charge is -2.23. The van der Waals surface area contributed by atoms with Gasteiger partial charge in [0.15, 0.2) is 0 Å². The monoisotopic (exact) mass is 1310 g/mol. The van der Waals surface area contributed by atoms with E-state index in [1.807, 2.05) is 12.2 Å². The van der Waals surface area contributed by atoms with Gasteiger partial charge in [0.1, 0.15) is 29.1 Å². The van der Waals surface area contributed by atoms with Crippen molar-refractivity contribution in [2.75, 3.05) is 13.1 Å². The number of nitrogens with one attached hydrogen (secondary N) is 15. The molecule has 0 aromatic carbocycles. The van der Waals surface area contributed by atoms with E-state index < -0.39 is 0 Å². The molecular weight excluding hydrogens is 1140 g/mol. The predicted molar refractivity (Wildman–Crippen MR) is 440 cm³/mol. The zero-order chi connectivity index (χ0) is 63.9. The van der Waals surface area contributed by atoms with Gasteiger partial charge < -0.3 is 69.3 Å². The highest BCUT2D eigenvalue weighted by atomic mass is 15.4. The van der Waals surface area contributed by atoms with Crippen molar-refractivity contribution < 1.29 is 0 Å². The minimum atomic E-state index is 0. The molecular formula is C76H172N16. The van der Waals surface area contributed by atoms with Crippen LogP contribution in [0.25, 0.3) is 0 Å². The smallest absolute Gasteiger partial charge is 0.125 e. The van der Waals surface area contributed by atoms with Gasteiger partial charge in [0.05, 0.1) is 23.8 Å². The minimum Gasteiger partial charge on any atom is -0.349 e. The second-order valence-corrected chi connectivity index (χ2v) is 22.8. The molecule has 16 heteroatoms. The first kappa shape index (κ1) is 138. The Morgan fingerprint density at radius 3 is 0.728 bits per heavy atom. The second-order valence-electron chi connectivity index (χ2n) is 22.8. The molecule has 0 saturated carbocycles. The third-order valence-electron chi connectivity index (χ3n) is 5.60. The van der Waals surface area contributed by atoms with Crippen molar-refractivity contribution in [3.63, 3.8) is 0 Å². The topological polar surface area (TPSA) is 193 Å². The Kier molecular flexibility index (Phi) is 138. The van der Waals surface area contributed by atoms with Crippen LogP contribution in [0.5, 0.6) is 0 Å². The minimum absolute atomic E-state index is 0. The highest BCUT2D eigenvalue weighted by Gasteiger charge is 2.06. The van der Waals surface area contributed by atoms with Crippen molar-refractivity contribution in [3.8, 4) is 0 Å². The number of nitrogens with zero attached hydrogens (tertiary/aromatic N) is 1. The molecule has 7 aliphatic heterocycles. The maximum absolute atomic E-state index is 3.78. The standard InChI is InChI=1S/C7H10N2.C6H9N3.C6H8N2.C5H7N3.C4H8N2.2C4H6N2.7C4H10.12CH4/c1-5-4-6(2)9-7(3)8-5;1-4-7-5(2)9-6(3)8-4;1-5-3-4-7-6(2)8-5;1-4-6-3-7-5(2)8-4;1-4-2-5-6-3-4;1-4-5-2-3-6-4;1-4-2-3-5-6-4;7*1-4(2)3;;;;;;;;;;;;/h8-9H,1-4H2;7-9H,1-3H2;3-4,7-8H,1-2H2;3,8H,1-2H2,(H,6,7);5-6H,1-3H2;2*2-3,5-6H,1H2;7*4H,1-3H3;12*1H4. The van der Waals surface area contributed by atoms with Crippen LogP contribution in [0.2, 0.25) is 0 Å². The first-order valence-electron chi connectivity index (χ1n) is 27.6. The van der Waals surface area contributed by atoms with Crippen LogP contribution >= 0.6 is 0 Å². The Labute approximate surface area is 581 Å². The summed E-state index contributed by atoms with van der Waals surface area (Å²) >= 11 is 0. The maximum Gasteiger partial charge on any atom is 0.125 e. The van der Waals surface area contributed by atoms with Crippen molar-refractivity contribution >= 4 is 6.34 Å². The molecule has 0 aromatic heterocycles.